The molecule has 1 amide bonds. The first kappa shape index (κ1) is 14.0. The number of hydrogen-bond acceptors (Lipinski definition) is 4. The number of nitrogens with one attached hydrogen (secondary N) is 1. The Hall–Kier alpha value is -2.37. The van der Waals surface area contributed by atoms with E-state index in [4.69, 9.17) is 4.74 Å². The van der Waals surface area contributed by atoms with Crippen LogP contribution < -0.4 is 10.1 Å². The highest BCUT2D eigenvalue weighted by atomic mass is 16.5. The quantitative estimate of drug-likeness (QED) is 0.908. The number of rotatable bonds is 5. The zero-order chi connectivity index (χ0) is 14.5. The summed E-state index contributed by atoms with van der Waals surface area (Å²) in [6.45, 7) is 6.48. The fraction of sp³-hybridized carbons (Fsp3) is 0.357. The van der Waals surface area contributed by atoms with Crippen LogP contribution in [-0.2, 0) is 6.54 Å². The van der Waals surface area contributed by atoms with Crippen LogP contribution in [-0.4, -0.2) is 26.8 Å². The molecule has 1 heterocycles. The lowest BCUT2D eigenvalue weighted by molar-refractivity contribution is 0.102. The molecule has 0 atom stereocenters. The SMILES string of the molecule is CCn1cnnc1NC(=O)c1ccccc1OC(C)C. The number of carbonyl (C=O) groups is 1. The van der Waals surface area contributed by atoms with Crippen molar-refractivity contribution in [2.24, 2.45) is 0 Å². The number of para-hydroxylation sites is 1. The van der Waals surface area contributed by atoms with Gasteiger partial charge < -0.3 is 4.74 Å². The Kier molecular flexibility index (Phi) is 4.34. The minimum Gasteiger partial charge on any atom is -0.490 e. The number of ether oxygens (including phenoxy) is 1. The van der Waals surface area contributed by atoms with E-state index in [2.05, 4.69) is 15.5 Å². The molecule has 0 fully saturated rings. The zero-order valence-electron chi connectivity index (χ0n) is 11.8. The number of aromatic nitrogens is 3. The summed E-state index contributed by atoms with van der Waals surface area (Å²) in [4.78, 5) is 12.3. The fourth-order valence-electron chi connectivity index (χ4n) is 1.76. The van der Waals surface area contributed by atoms with Crippen LogP contribution in [0, 0.1) is 0 Å². The molecule has 0 radical (unpaired) electrons. The molecule has 0 bridgehead atoms. The largest absolute Gasteiger partial charge is 0.490 e. The monoisotopic (exact) mass is 274 g/mol. The number of benzene rings is 1. The van der Waals surface area contributed by atoms with E-state index in [9.17, 15) is 4.79 Å². The number of aryl methyl sites for hydroxylation is 1. The molecule has 0 spiro atoms. The lowest BCUT2D eigenvalue weighted by Crippen LogP contribution is -2.18. The minimum absolute atomic E-state index is 0.00300. The summed E-state index contributed by atoms with van der Waals surface area (Å²) in [5.74, 6) is 0.725. The molecular weight excluding hydrogens is 256 g/mol. The van der Waals surface area contributed by atoms with E-state index in [-0.39, 0.29) is 12.0 Å². The predicted molar refractivity (Wildman–Crippen MR) is 75.9 cm³/mol. The molecule has 0 saturated carbocycles. The maximum Gasteiger partial charge on any atom is 0.261 e. The van der Waals surface area contributed by atoms with E-state index in [1.54, 1.807) is 29.1 Å². The number of hydrogen-bond donors (Lipinski definition) is 1. The molecule has 20 heavy (non-hydrogen) atoms. The van der Waals surface area contributed by atoms with Crippen molar-refractivity contribution in [3.05, 3.63) is 36.2 Å². The molecule has 0 aliphatic rings. The van der Waals surface area contributed by atoms with Gasteiger partial charge in [-0.2, -0.15) is 0 Å². The van der Waals surface area contributed by atoms with Gasteiger partial charge in [-0.1, -0.05) is 12.1 Å². The fourth-order valence-corrected chi connectivity index (χ4v) is 1.76. The smallest absolute Gasteiger partial charge is 0.261 e. The van der Waals surface area contributed by atoms with Gasteiger partial charge in [-0.25, -0.2) is 0 Å². The molecule has 6 heteroatoms. The molecule has 2 aromatic rings. The van der Waals surface area contributed by atoms with Gasteiger partial charge in [-0.15, -0.1) is 10.2 Å². The van der Waals surface area contributed by atoms with Crippen LogP contribution in [0.25, 0.3) is 0 Å². The average molecular weight is 274 g/mol. The van der Waals surface area contributed by atoms with Crippen molar-refractivity contribution in [1.82, 2.24) is 14.8 Å². The molecule has 1 aromatic heterocycles. The van der Waals surface area contributed by atoms with E-state index < -0.39 is 0 Å². The highest BCUT2D eigenvalue weighted by Crippen LogP contribution is 2.20. The third-order valence-electron chi connectivity index (χ3n) is 2.68. The Morgan fingerprint density at radius 1 is 1.40 bits per heavy atom. The summed E-state index contributed by atoms with van der Waals surface area (Å²) in [5, 5.41) is 10.4. The van der Waals surface area contributed by atoms with Gasteiger partial charge in [-0.3, -0.25) is 14.7 Å². The second kappa shape index (κ2) is 6.18. The maximum absolute atomic E-state index is 12.3. The second-order valence-electron chi connectivity index (χ2n) is 4.56. The third-order valence-corrected chi connectivity index (χ3v) is 2.68. The first-order valence-corrected chi connectivity index (χ1v) is 6.56. The standard InChI is InChI=1S/C14H18N4O2/c1-4-18-9-15-17-14(18)16-13(19)11-7-5-6-8-12(11)20-10(2)3/h5-10H,4H2,1-3H3,(H,16,17,19). The van der Waals surface area contributed by atoms with Crippen molar-refractivity contribution in [2.75, 3.05) is 5.32 Å². The van der Waals surface area contributed by atoms with Crippen molar-refractivity contribution >= 4 is 11.9 Å². The van der Waals surface area contributed by atoms with Crippen molar-refractivity contribution in [2.45, 2.75) is 33.4 Å². The summed E-state index contributed by atoms with van der Waals surface area (Å²) in [5.41, 5.74) is 0.479. The van der Waals surface area contributed by atoms with Gasteiger partial charge in [0.25, 0.3) is 5.91 Å². The predicted octanol–water partition coefficient (Wildman–Crippen LogP) is 2.34. The molecule has 106 valence electrons. The molecule has 2 rings (SSSR count). The molecule has 1 aromatic carbocycles. The normalized spacial score (nSPS) is 10.6. The van der Waals surface area contributed by atoms with Gasteiger partial charge in [0, 0.05) is 6.54 Å². The highest BCUT2D eigenvalue weighted by molar-refractivity contribution is 6.05. The summed E-state index contributed by atoms with van der Waals surface area (Å²) in [6.07, 6.45) is 1.58. The van der Waals surface area contributed by atoms with Crippen molar-refractivity contribution in [3.63, 3.8) is 0 Å². The van der Waals surface area contributed by atoms with Crippen LogP contribution in [0.5, 0.6) is 5.75 Å². The van der Waals surface area contributed by atoms with E-state index >= 15 is 0 Å². The molecule has 0 aliphatic carbocycles. The van der Waals surface area contributed by atoms with Crippen LogP contribution in [0.4, 0.5) is 5.95 Å². The number of carbonyl (C=O) groups excluding carboxylic acids is 1. The Morgan fingerprint density at radius 3 is 2.85 bits per heavy atom. The second-order valence-corrected chi connectivity index (χ2v) is 4.56. The minimum atomic E-state index is -0.260. The van der Waals surface area contributed by atoms with Gasteiger partial charge in [0.1, 0.15) is 12.1 Å². The van der Waals surface area contributed by atoms with Crippen LogP contribution in [0.2, 0.25) is 0 Å². The van der Waals surface area contributed by atoms with Crippen molar-refractivity contribution < 1.29 is 9.53 Å². The first-order chi connectivity index (χ1) is 9.61. The molecule has 0 aliphatic heterocycles. The molecule has 0 unspecified atom stereocenters. The van der Waals surface area contributed by atoms with E-state index in [0.29, 0.717) is 23.8 Å². The topological polar surface area (TPSA) is 69.0 Å². The number of nitrogens with zero attached hydrogens (tertiary/aromatic N) is 3. The number of anilines is 1. The Labute approximate surface area is 117 Å². The van der Waals surface area contributed by atoms with Crippen molar-refractivity contribution in [3.8, 4) is 5.75 Å². The average Bonchev–Trinajstić information content (AvgIpc) is 2.85. The summed E-state index contributed by atoms with van der Waals surface area (Å²) in [7, 11) is 0. The first-order valence-electron chi connectivity index (χ1n) is 6.56. The molecular formula is C14H18N4O2. The van der Waals surface area contributed by atoms with Gasteiger partial charge in [0.15, 0.2) is 0 Å². The van der Waals surface area contributed by atoms with Crippen LogP contribution in [0.15, 0.2) is 30.6 Å². The van der Waals surface area contributed by atoms with Gasteiger partial charge in [0.2, 0.25) is 5.95 Å². The summed E-state index contributed by atoms with van der Waals surface area (Å²) >= 11 is 0. The Morgan fingerprint density at radius 2 is 2.15 bits per heavy atom. The number of amides is 1. The Balaban J connectivity index is 2.21. The maximum atomic E-state index is 12.3. The van der Waals surface area contributed by atoms with Crippen LogP contribution in [0.3, 0.4) is 0 Å². The van der Waals surface area contributed by atoms with Crippen molar-refractivity contribution in [1.29, 1.82) is 0 Å². The summed E-state index contributed by atoms with van der Waals surface area (Å²) in [6, 6.07) is 7.13. The zero-order valence-corrected chi connectivity index (χ0v) is 11.8. The molecule has 6 nitrogen and oxygen atoms in total. The van der Waals surface area contributed by atoms with E-state index in [0.717, 1.165) is 0 Å². The highest BCUT2D eigenvalue weighted by Gasteiger charge is 2.15. The Bertz CT molecular complexity index is 592. The lowest BCUT2D eigenvalue weighted by atomic mass is 10.2. The van der Waals surface area contributed by atoms with Gasteiger partial charge >= 0.3 is 0 Å². The van der Waals surface area contributed by atoms with Gasteiger partial charge in [-0.05, 0) is 32.9 Å². The lowest BCUT2D eigenvalue weighted by Gasteiger charge is -2.13. The summed E-state index contributed by atoms with van der Waals surface area (Å²) < 4.78 is 7.39. The third kappa shape index (κ3) is 3.14. The molecule has 0 saturated heterocycles. The van der Waals surface area contributed by atoms with Crippen LogP contribution in [0.1, 0.15) is 31.1 Å². The van der Waals surface area contributed by atoms with E-state index in [1.165, 1.54) is 0 Å². The molecule has 1 N–H and O–H groups in total. The van der Waals surface area contributed by atoms with Gasteiger partial charge in [0.05, 0.1) is 11.7 Å². The van der Waals surface area contributed by atoms with Crippen LogP contribution >= 0.6 is 0 Å². The van der Waals surface area contributed by atoms with E-state index in [1.807, 2.05) is 26.8 Å².